The lowest BCUT2D eigenvalue weighted by Crippen LogP contribution is -2.51. The molecule has 1 aromatic rings. The average molecular weight is 317 g/mol. The summed E-state index contributed by atoms with van der Waals surface area (Å²) in [7, 11) is 0. The van der Waals surface area contributed by atoms with Crippen LogP contribution in [-0.2, 0) is 9.53 Å². The van der Waals surface area contributed by atoms with Gasteiger partial charge in [-0.2, -0.15) is 0 Å². The molecule has 5 heteroatoms. The zero-order valence-corrected chi connectivity index (χ0v) is 14.4. The maximum absolute atomic E-state index is 12.8. The Kier molecular flexibility index (Phi) is 4.85. The van der Waals surface area contributed by atoms with Crippen molar-refractivity contribution in [3.05, 3.63) is 23.9 Å². The number of aryl methyl sites for hydroxylation is 1. The third kappa shape index (κ3) is 3.83. The first-order valence-corrected chi connectivity index (χ1v) is 8.65. The topological polar surface area (TPSA) is 45.7 Å². The molecule has 0 saturated carbocycles. The number of hydrogen-bond donors (Lipinski definition) is 0. The molecule has 1 aromatic heterocycles. The van der Waals surface area contributed by atoms with Gasteiger partial charge in [-0.3, -0.25) is 4.79 Å². The van der Waals surface area contributed by atoms with Crippen LogP contribution in [0, 0.1) is 12.8 Å². The Bertz CT molecular complexity index is 545. The fourth-order valence-electron chi connectivity index (χ4n) is 3.66. The lowest BCUT2D eigenvalue weighted by Gasteiger charge is -2.39. The van der Waals surface area contributed by atoms with E-state index < -0.39 is 0 Å². The van der Waals surface area contributed by atoms with E-state index in [1.54, 1.807) is 0 Å². The van der Waals surface area contributed by atoms with Crippen LogP contribution in [0.15, 0.2) is 18.3 Å². The van der Waals surface area contributed by atoms with E-state index >= 15 is 0 Å². The first kappa shape index (κ1) is 16.2. The molecule has 2 fully saturated rings. The molecule has 3 heterocycles. The van der Waals surface area contributed by atoms with Crippen LogP contribution < -0.4 is 4.90 Å². The number of hydrogen-bond acceptors (Lipinski definition) is 4. The molecule has 23 heavy (non-hydrogen) atoms. The zero-order chi connectivity index (χ0) is 16.4. The summed E-state index contributed by atoms with van der Waals surface area (Å²) in [6.07, 6.45) is 3.96. The van der Waals surface area contributed by atoms with E-state index in [1.807, 2.05) is 31.0 Å². The van der Waals surface area contributed by atoms with Crippen LogP contribution in [0.4, 0.5) is 5.82 Å². The van der Waals surface area contributed by atoms with Crippen molar-refractivity contribution in [1.82, 2.24) is 9.88 Å². The summed E-state index contributed by atoms with van der Waals surface area (Å²) in [5, 5.41) is 0. The van der Waals surface area contributed by atoms with E-state index in [4.69, 9.17) is 4.74 Å². The number of pyridine rings is 1. The zero-order valence-electron chi connectivity index (χ0n) is 14.4. The molecule has 0 aliphatic carbocycles. The molecule has 0 N–H and O–H groups in total. The van der Waals surface area contributed by atoms with Crippen molar-refractivity contribution in [1.29, 1.82) is 0 Å². The van der Waals surface area contributed by atoms with Crippen molar-refractivity contribution < 1.29 is 9.53 Å². The van der Waals surface area contributed by atoms with Crippen molar-refractivity contribution in [3.63, 3.8) is 0 Å². The second kappa shape index (κ2) is 6.87. The minimum absolute atomic E-state index is 0.138. The van der Waals surface area contributed by atoms with Gasteiger partial charge in [0.15, 0.2) is 0 Å². The summed E-state index contributed by atoms with van der Waals surface area (Å²) < 4.78 is 5.73. The largest absolute Gasteiger partial charge is 0.372 e. The van der Waals surface area contributed by atoms with Crippen LogP contribution in [0.1, 0.15) is 32.3 Å². The van der Waals surface area contributed by atoms with Gasteiger partial charge in [0.05, 0.1) is 12.2 Å². The number of nitrogens with zero attached hydrogens (tertiary/aromatic N) is 3. The van der Waals surface area contributed by atoms with Crippen molar-refractivity contribution in [3.8, 4) is 0 Å². The van der Waals surface area contributed by atoms with Crippen molar-refractivity contribution in [2.24, 2.45) is 5.92 Å². The molecule has 2 aliphatic heterocycles. The summed E-state index contributed by atoms with van der Waals surface area (Å²) in [5.41, 5.74) is 1.23. The summed E-state index contributed by atoms with van der Waals surface area (Å²) in [5.74, 6) is 1.49. The van der Waals surface area contributed by atoms with Crippen LogP contribution in [0.3, 0.4) is 0 Å². The maximum atomic E-state index is 12.8. The van der Waals surface area contributed by atoms with Crippen LogP contribution in [0.5, 0.6) is 0 Å². The van der Waals surface area contributed by atoms with Gasteiger partial charge < -0.3 is 14.5 Å². The average Bonchev–Trinajstić information content (AvgIpc) is 2.53. The molecular formula is C18H27N3O2. The van der Waals surface area contributed by atoms with E-state index in [1.165, 1.54) is 5.56 Å². The van der Waals surface area contributed by atoms with Gasteiger partial charge >= 0.3 is 0 Å². The second-order valence-electron chi connectivity index (χ2n) is 6.95. The summed E-state index contributed by atoms with van der Waals surface area (Å²) in [6.45, 7) is 9.43. The third-order valence-electron chi connectivity index (χ3n) is 4.80. The summed E-state index contributed by atoms with van der Waals surface area (Å²) in [6, 6.07) is 4.13. The molecule has 0 spiro atoms. The molecule has 2 atom stereocenters. The number of amides is 1. The normalized spacial score (nSPS) is 26.4. The molecule has 126 valence electrons. The highest BCUT2D eigenvalue weighted by molar-refractivity contribution is 5.79. The highest BCUT2D eigenvalue weighted by Crippen LogP contribution is 2.25. The fourth-order valence-corrected chi connectivity index (χ4v) is 3.66. The molecule has 2 aliphatic rings. The Morgan fingerprint density at radius 3 is 2.48 bits per heavy atom. The Morgan fingerprint density at radius 1 is 1.22 bits per heavy atom. The first-order chi connectivity index (χ1) is 11.0. The molecule has 0 radical (unpaired) electrons. The Hall–Kier alpha value is -1.62. The summed E-state index contributed by atoms with van der Waals surface area (Å²) >= 11 is 0. The van der Waals surface area contributed by atoms with Crippen LogP contribution in [0.2, 0.25) is 0 Å². The van der Waals surface area contributed by atoms with Crippen molar-refractivity contribution >= 4 is 11.7 Å². The van der Waals surface area contributed by atoms with E-state index in [-0.39, 0.29) is 18.1 Å². The van der Waals surface area contributed by atoms with Gasteiger partial charge in [-0.1, -0.05) is 0 Å². The second-order valence-corrected chi connectivity index (χ2v) is 6.95. The Morgan fingerprint density at radius 2 is 1.87 bits per heavy atom. The fraction of sp³-hybridized carbons (Fsp3) is 0.667. The molecule has 2 saturated heterocycles. The van der Waals surface area contributed by atoms with Gasteiger partial charge in [0.2, 0.25) is 5.91 Å². The predicted molar refractivity (Wildman–Crippen MR) is 90.5 cm³/mol. The number of carbonyl (C=O) groups excluding carboxylic acids is 1. The summed E-state index contributed by atoms with van der Waals surface area (Å²) in [4.78, 5) is 21.5. The quantitative estimate of drug-likeness (QED) is 0.839. The van der Waals surface area contributed by atoms with E-state index in [0.29, 0.717) is 5.91 Å². The van der Waals surface area contributed by atoms with Gasteiger partial charge in [-0.05, 0) is 51.3 Å². The number of piperidine rings is 1. The molecule has 3 rings (SSSR count). The molecule has 0 unspecified atom stereocenters. The van der Waals surface area contributed by atoms with Gasteiger partial charge in [0, 0.05) is 38.3 Å². The standard InChI is InChI=1S/C18H27N3O2/c1-13-4-7-19-17(10-13)20-8-5-16(6-9-20)18(22)21-11-14(2)23-15(3)12-21/h4,7,10,14-16H,5-6,8-9,11-12H2,1-3H3/t14-,15-/m1/s1. The number of ether oxygens (including phenoxy) is 1. The number of carbonyl (C=O) groups is 1. The van der Waals surface area contributed by atoms with Gasteiger partial charge in [0.1, 0.15) is 5.82 Å². The van der Waals surface area contributed by atoms with Gasteiger partial charge in [-0.25, -0.2) is 4.98 Å². The SMILES string of the molecule is Cc1ccnc(N2CCC(C(=O)N3C[C@@H](C)O[C@H](C)C3)CC2)c1. The molecule has 0 bridgehead atoms. The third-order valence-corrected chi connectivity index (χ3v) is 4.80. The molecule has 1 amide bonds. The highest BCUT2D eigenvalue weighted by atomic mass is 16.5. The minimum atomic E-state index is 0.138. The van der Waals surface area contributed by atoms with Crippen molar-refractivity contribution in [2.45, 2.75) is 45.8 Å². The van der Waals surface area contributed by atoms with Crippen LogP contribution in [0.25, 0.3) is 0 Å². The first-order valence-electron chi connectivity index (χ1n) is 8.65. The lowest BCUT2D eigenvalue weighted by atomic mass is 9.94. The van der Waals surface area contributed by atoms with Crippen LogP contribution in [-0.4, -0.2) is 54.2 Å². The minimum Gasteiger partial charge on any atom is -0.372 e. The smallest absolute Gasteiger partial charge is 0.225 e. The number of anilines is 1. The molecule has 5 nitrogen and oxygen atoms in total. The van der Waals surface area contributed by atoms with E-state index in [2.05, 4.69) is 22.9 Å². The maximum Gasteiger partial charge on any atom is 0.225 e. The van der Waals surface area contributed by atoms with E-state index in [0.717, 1.165) is 44.8 Å². The Labute approximate surface area is 138 Å². The monoisotopic (exact) mass is 317 g/mol. The molecular weight excluding hydrogens is 290 g/mol. The van der Waals surface area contributed by atoms with Crippen LogP contribution >= 0.6 is 0 Å². The molecule has 0 aromatic carbocycles. The number of morpholine rings is 1. The highest BCUT2D eigenvalue weighted by Gasteiger charge is 2.32. The van der Waals surface area contributed by atoms with E-state index in [9.17, 15) is 4.79 Å². The van der Waals surface area contributed by atoms with Gasteiger partial charge in [0.25, 0.3) is 0 Å². The lowest BCUT2D eigenvalue weighted by molar-refractivity contribution is -0.148. The van der Waals surface area contributed by atoms with Crippen molar-refractivity contribution in [2.75, 3.05) is 31.1 Å². The number of rotatable bonds is 2. The Balaban J connectivity index is 1.57. The van der Waals surface area contributed by atoms with Gasteiger partial charge in [-0.15, -0.1) is 0 Å². The number of aromatic nitrogens is 1. The predicted octanol–water partition coefficient (Wildman–Crippen LogP) is 2.24.